The highest BCUT2D eigenvalue weighted by atomic mass is 31.1. The molecule has 4 aromatic rings. The van der Waals surface area contributed by atoms with Gasteiger partial charge in [-0.05, 0) is 41.0 Å². The smallest absolute Gasteiger partial charge is 0.133 e. The summed E-state index contributed by atoms with van der Waals surface area (Å²) >= 11 is 0. The van der Waals surface area contributed by atoms with Crippen LogP contribution in [0.5, 0.6) is 5.75 Å². The molecule has 0 saturated heterocycles. The first-order valence-electron chi connectivity index (χ1n) is 8.82. The molecular formula is C24H17F2OP. The maximum absolute atomic E-state index is 14.2. The lowest BCUT2D eigenvalue weighted by Crippen LogP contribution is -2.09. The average Bonchev–Trinajstić information content (AvgIpc) is 2.72. The fourth-order valence-corrected chi connectivity index (χ4v) is 4.23. The van der Waals surface area contributed by atoms with E-state index in [4.69, 9.17) is 0 Å². The molecule has 1 unspecified atom stereocenters. The largest absolute Gasteiger partial charge is 0.507 e. The second kappa shape index (κ2) is 7.92. The topological polar surface area (TPSA) is 20.2 Å². The Labute approximate surface area is 164 Å². The van der Waals surface area contributed by atoms with Crippen molar-refractivity contribution in [1.82, 2.24) is 0 Å². The van der Waals surface area contributed by atoms with Crippen molar-refractivity contribution < 1.29 is 13.9 Å². The molecule has 28 heavy (non-hydrogen) atoms. The molecule has 1 N–H and O–H groups in total. The molecule has 4 aromatic carbocycles. The van der Waals surface area contributed by atoms with Gasteiger partial charge in [-0.3, -0.25) is 0 Å². The van der Waals surface area contributed by atoms with Crippen LogP contribution in [0.4, 0.5) is 8.78 Å². The maximum Gasteiger partial charge on any atom is 0.133 e. The molecule has 0 aliphatic carbocycles. The van der Waals surface area contributed by atoms with Crippen molar-refractivity contribution in [3.63, 3.8) is 0 Å². The molecule has 0 spiro atoms. The van der Waals surface area contributed by atoms with Gasteiger partial charge in [-0.15, -0.1) is 0 Å². The number of phenolic OH excluding ortho intramolecular Hbond substituents is 1. The van der Waals surface area contributed by atoms with Crippen molar-refractivity contribution in [2.75, 3.05) is 0 Å². The van der Waals surface area contributed by atoms with Gasteiger partial charge in [0.2, 0.25) is 0 Å². The molecule has 1 nitrogen and oxygen atoms in total. The molecule has 0 aliphatic heterocycles. The van der Waals surface area contributed by atoms with Crippen LogP contribution in [0.15, 0.2) is 91.0 Å². The van der Waals surface area contributed by atoms with Crippen LogP contribution < -0.4 is 10.6 Å². The van der Waals surface area contributed by atoms with Gasteiger partial charge in [-0.2, -0.15) is 0 Å². The van der Waals surface area contributed by atoms with Crippen LogP contribution >= 0.6 is 8.58 Å². The van der Waals surface area contributed by atoms with Crippen LogP contribution in [0.25, 0.3) is 22.3 Å². The lowest BCUT2D eigenvalue weighted by molar-refractivity contribution is 0.482. The molecular weight excluding hydrogens is 373 g/mol. The minimum Gasteiger partial charge on any atom is -0.507 e. The van der Waals surface area contributed by atoms with Crippen LogP contribution in [0.1, 0.15) is 0 Å². The molecule has 1 atom stereocenters. The zero-order chi connectivity index (χ0) is 19.5. The third kappa shape index (κ3) is 3.81. The first kappa shape index (κ1) is 18.3. The van der Waals surface area contributed by atoms with Crippen molar-refractivity contribution >= 4 is 19.2 Å². The predicted octanol–water partition coefficient (Wildman–Crippen LogP) is 5.63. The van der Waals surface area contributed by atoms with Crippen LogP contribution in [0, 0.1) is 11.6 Å². The van der Waals surface area contributed by atoms with Crippen LogP contribution in [-0.4, -0.2) is 5.11 Å². The second-order valence-electron chi connectivity index (χ2n) is 6.40. The van der Waals surface area contributed by atoms with Gasteiger partial charge in [0.05, 0.1) is 0 Å². The summed E-state index contributed by atoms with van der Waals surface area (Å²) in [6.07, 6.45) is 0. The van der Waals surface area contributed by atoms with Gasteiger partial charge >= 0.3 is 0 Å². The molecule has 4 rings (SSSR count). The summed E-state index contributed by atoms with van der Waals surface area (Å²) in [5.41, 5.74) is 3.50. The maximum atomic E-state index is 14.2. The quantitative estimate of drug-likeness (QED) is 0.448. The molecule has 138 valence electrons. The fourth-order valence-electron chi connectivity index (χ4n) is 3.10. The van der Waals surface area contributed by atoms with E-state index in [9.17, 15) is 13.9 Å². The number of rotatable bonds is 4. The Balaban J connectivity index is 1.87. The van der Waals surface area contributed by atoms with Gasteiger partial charge < -0.3 is 5.11 Å². The van der Waals surface area contributed by atoms with E-state index in [0.717, 1.165) is 22.8 Å². The van der Waals surface area contributed by atoms with Crippen molar-refractivity contribution in [3.05, 3.63) is 103 Å². The SMILES string of the molecule is Oc1c(Pc2ccc(F)cc2F)cc(-c2ccccc2)cc1-c1ccccc1. The molecule has 4 heteroatoms. The number of aromatic hydroxyl groups is 1. The van der Waals surface area contributed by atoms with Gasteiger partial charge in [-0.25, -0.2) is 8.78 Å². The number of hydrogen-bond acceptors (Lipinski definition) is 1. The van der Waals surface area contributed by atoms with Crippen LogP contribution in [0.2, 0.25) is 0 Å². The van der Waals surface area contributed by atoms with Crippen LogP contribution in [0.3, 0.4) is 0 Å². The summed E-state index contributed by atoms with van der Waals surface area (Å²) in [6, 6.07) is 26.8. The third-order valence-electron chi connectivity index (χ3n) is 4.50. The minimum absolute atomic E-state index is 0.118. The van der Waals surface area contributed by atoms with E-state index >= 15 is 0 Å². The van der Waals surface area contributed by atoms with Gasteiger partial charge in [0.15, 0.2) is 0 Å². The first-order valence-corrected chi connectivity index (χ1v) is 9.82. The summed E-state index contributed by atoms with van der Waals surface area (Å²) in [5.74, 6) is -1.10. The summed E-state index contributed by atoms with van der Waals surface area (Å²) in [6.45, 7) is 0. The van der Waals surface area contributed by atoms with Crippen molar-refractivity contribution in [1.29, 1.82) is 0 Å². The monoisotopic (exact) mass is 390 g/mol. The van der Waals surface area contributed by atoms with E-state index in [0.29, 0.717) is 16.2 Å². The zero-order valence-electron chi connectivity index (χ0n) is 14.9. The molecule has 0 heterocycles. The van der Waals surface area contributed by atoms with Crippen LogP contribution in [-0.2, 0) is 0 Å². The molecule has 0 aliphatic rings. The molecule has 0 radical (unpaired) electrons. The standard InChI is InChI=1S/C24H17F2OP/c25-19-11-12-22(21(26)15-19)28-23-14-18(16-7-3-1-4-8-16)13-20(24(23)27)17-9-5-2-6-10-17/h1-15,27-28H. The second-order valence-corrected chi connectivity index (χ2v) is 7.73. The van der Waals surface area contributed by atoms with Crippen molar-refractivity contribution in [2.24, 2.45) is 0 Å². The Kier molecular flexibility index (Phi) is 5.18. The highest BCUT2D eigenvalue weighted by Crippen LogP contribution is 2.35. The summed E-state index contributed by atoms with van der Waals surface area (Å²) in [5, 5.41) is 11.9. The summed E-state index contributed by atoms with van der Waals surface area (Å²) in [7, 11) is -0.138. The molecule has 0 fully saturated rings. The Bertz CT molecular complexity index is 1110. The van der Waals surface area contributed by atoms with E-state index in [-0.39, 0.29) is 14.3 Å². The third-order valence-corrected chi connectivity index (χ3v) is 5.83. The molecule has 0 amide bonds. The normalized spacial score (nSPS) is 11.2. The highest BCUT2D eigenvalue weighted by molar-refractivity contribution is 7.55. The zero-order valence-corrected chi connectivity index (χ0v) is 15.9. The summed E-state index contributed by atoms with van der Waals surface area (Å²) in [4.78, 5) is 0. The van der Waals surface area contributed by atoms with E-state index in [1.165, 1.54) is 12.1 Å². The Morgan fingerprint density at radius 1 is 0.607 bits per heavy atom. The van der Waals surface area contributed by atoms with E-state index in [1.54, 1.807) is 0 Å². The number of benzene rings is 4. The number of halogens is 2. The molecule has 0 saturated carbocycles. The Hall–Kier alpha value is -3.03. The van der Waals surface area contributed by atoms with Gasteiger partial charge in [-0.1, -0.05) is 69.2 Å². The van der Waals surface area contributed by atoms with Crippen molar-refractivity contribution in [3.8, 4) is 28.0 Å². The molecule has 0 bridgehead atoms. The number of phenols is 1. The molecule has 0 aromatic heterocycles. The average molecular weight is 390 g/mol. The Morgan fingerprint density at radius 2 is 1.25 bits per heavy atom. The van der Waals surface area contributed by atoms with Gasteiger partial charge in [0.1, 0.15) is 17.4 Å². The lowest BCUT2D eigenvalue weighted by atomic mass is 9.98. The number of hydrogen-bond donors (Lipinski definition) is 1. The predicted molar refractivity (Wildman–Crippen MR) is 113 cm³/mol. The Morgan fingerprint density at radius 3 is 1.89 bits per heavy atom. The minimum atomic E-state index is -0.613. The summed E-state index contributed by atoms with van der Waals surface area (Å²) < 4.78 is 27.5. The van der Waals surface area contributed by atoms with E-state index in [1.807, 2.05) is 72.8 Å². The lowest BCUT2D eigenvalue weighted by Gasteiger charge is -2.14. The van der Waals surface area contributed by atoms with Gasteiger partial charge in [0, 0.05) is 22.2 Å². The van der Waals surface area contributed by atoms with Crippen molar-refractivity contribution in [2.45, 2.75) is 0 Å². The van der Waals surface area contributed by atoms with E-state index in [2.05, 4.69) is 0 Å². The fraction of sp³-hybridized carbons (Fsp3) is 0. The first-order chi connectivity index (χ1) is 13.6. The van der Waals surface area contributed by atoms with Gasteiger partial charge in [0.25, 0.3) is 0 Å². The highest BCUT2D eigenvalue weighted by Gasteiger charge is 2.15. The van der Waals surface area contributed by atoms with E-state index < -0.39 is 11.6 Å².